The first-order valence-electron chi connectivity index (χ1n) is 5.33. The van der Waals surface area contributed by atoms with Gasteiger partial charge >= 0.3 is 0 Å². The number of hydrogen-bond acceptors (Lipinski definition) is 2. The third-order valence-electron chi connectivity index (χ3n) is 3.11. The lowest BCUT2D eigenvalue weighted by atomic mass is 9.93. The summed E-state index contributed by atoms with van der Waals surface area (Å²) in [5.74, 6) is 0.812. The standard InChI is InChI=1S/C11H21NO/c1-5-12(6-2)11(3,4)10(13)9-7-8-9/h9H,5-8H2,1-4H3. The van der Waals surface area contributed by atoms with Gasteiger partial charge in [-0.3, -0.25) is 9.69 Å². The van der Waals surface area contributed by atoms with Crippen LogP contribution in [0.25, 0.3) is 0 Å². The average Bonchev–Trinajstić information content (AvgIpc) is 2.87. The van der Waals surface area contributed by atoms with Crippen molar-refractivity contribution in [3.63, 3.8) is 0 Å². The first-order valence-corrected chi connectivity index (χ1v) is 5.33. The van der Waals surface area contributed by atoms with Crippen molar-refractivity contribution in [2.24, 2.45) is 5.92 Å². The van der Waals surface area contributed by atoms with E-state index < -0.39 is 0 Å². The van der Waals surface area contributed by atoms with E-state index in [0.29, 0.717) is 11.7 Å². The molecule has 0 bridgehead atoms. The van der Waals surface area contributed by atoms with Crippen molar-refractivity contribution in [1.82, 2.24) is 4.90 Å². The number of Topliss-reactive ketones (excluding diaryl/α,β-unsaturated/α-hetero) is 1. The minimum Gasteiger partial charge on any atom is -0.297 e. The lowest BCUT2D eigenvalue weighted by molar-refractivity contribution is -0.130. The number of rotatable bonds is 5. The third-order valence-corrected chi connectivity index (χ3v) is 3.11. The Morgan fingerprint density at radius 1 is 1.31 bits per heavy atom. The summed E-state index contributed by atoms with van der Waals surface area (Å²) in [6, 6.07) is 0. The van der Waals surface area contributed by atoms with Gasteiger partial charge in [-0.1, -0.05) is 13.8 Å². The van der Waals surface area contributed by atoms with Crippen LogP contribution in [0.15, 0.2) is 0 Å². The van der Waals surface area contributed by atoms with Crippen molar-refractivity contribution >= 4 is 5.78 Å². The van der Waals surface area contributed by atoms with E-state index in [1.54, 1.807) is 0 Å². The number of likely N-dealkylation sites (N-methyl/N-ethyl adjacent to an activating group) is 1. The Morgan fingerprint density at radius 3 is 2.08 bits per heavy atom. The molecule has 1 aliphatic carbocycles. The summed E-state index contributed by atoms with van der Waals surface area (Å²) in [7, 11) is 0. The molecule has 0 N–H and O–H groups in total. The van der Waals surface area contributed by atoms with Gasteiger partial charge in [0.25, 0.3) is 0 Å². The molecule has 0 radical (unpaired) electrons. The lowest BCUT2D eigenvalue weighted by Crippen LogP contribution is -2.50. The highest BCUT2D eigenvalue weighted by Gasteiger charge is 2.41. The molecule has 76 valence electrons. The zero-order valence-corrected chi connectivity index (χ0v) is 9.26. The summed E-state index contributed by atoms with van der Waals surface area (Å²) in [6.07, 6.45) is 2.23. The molecule has 0 amide bonds. The highest BCUT2D eigenvalue weighted by Crippen LogP contribution is 2.35. The third kappa shape index (κ3) is 2.11. The molecule has 1 fully saturated rings. The molecule has 0 aromatic heterocycles. The predicted molar refractivity (Wildman–Crippen MR) is 54.7 cm³/mol. The molecule has 0 unspecified atom stereocenters. The van der Waals surface area contributed by atoms with Gasteiger partial charge in [-0.25, -0.2) is 0 Å². The number of carbonyl (C=O) groups is 1. The van der Waals surface area contributed by atoms with Crippen LogP contribution in [-0.2, 0) is 4.79 Å². The summed E-state index contributed by atoms with van der Waals surface area (Å²) >= 11 is 0. The summed E-state index contributed by atoms with van der Waals surface area (Å²) in [5.41, 5.74) is -0.245. The van der Waals surface area contributed by atoms with Gasteiger partial charge in [0.05, 0.1) is 5.54 Å². The smallest absolute Gasteiger partial charge is 0.155 e. The van der Waals surface area contributed by atoms with Gasteiger partial charge < -0.3 is 0 Å². The van der Waals surface area contributed by atoms with Gasteiger partial charge in [-0.2, -0.15) is 0 Å². The number of hydrogen-bond donors (Lipinski definition) is 0. The summed E-state index contributed by atoms with van der Waals surface area (Å²) in [6.45, 7) is 10.3. The van der Waals surface area contributed by atoms with Gasteiger partial charge in [0, 0.05) is 5.92 Å². The molecule has 0 saturated heterocycles. The van der Waals surface area contributed by atoms with E-state index in [0.717, 1.165) is 25.9 Å². The van der Waals surface area contributed by atoms with E-state index >= 15 is 0 Å². The van der Waals surface area contributed by atoms with Crippen LogP contribution in [-0.4, -0.2) is 29.3 Å². The first-order chi connectivity index (χ1) is 6.04. The van der Waals surface area contributed by atoms with Crippen LogP contribution in [0.4, 0.5) is 0 Å². The molecular formula is C11H21NO. The molecule has 0 heterocycles. The number of carbonyl (C=O) groups excluding carboxylic acids is 1. The summed E-state index contributed by atoms with van der Waals surface area (Å²) < 4.78 is 0. The number of ketones is 1. The van der Waals surface area contributed by atoms with E-state index in [9.17, 15) is 4.79 Å². The molecule has 0 atom stereocenters. The monoisotopic (exact) mass is 183 g/mol. The van der Waals surface area contributed by atoms with Crippen LogP contribution in [0.1, 0.15) is 40.5 Å². The van der Waals surface area contributed by atoms with Crippen LogP contribution in [0.2, 0.25) is 0 Å². The fraction of sp³-hybridized carbons (Fsp3) is 0.909. The van der Waals surface area contributed by atoms with Crippen molar-refractivity contribution in [1.29, 1.82) is 0 Å². The van der Waals surface area contributed by atoms with Gasteiger partial charge in [0.1, 0.15) is 0 Å². The van der Waals surface area contributed by atoms with Crippen LogP contribution in [0.3, 0.4) is 0 Å². The molecule has 0 aliphatic heterocycles. The second-order valence-electron chi connectivity index (χ2n) is 4.37. The molecule has 0 aromatic rings. The van der Waals surface area contributed by atoms with Crippen molar-refractivity contribution in [3.05, 3.63) is 0 Å². The van der Waals surface area contributed by atoms with Crippen molar-refractivity contribution in [3.8, 4) is 0 Å². The summed E-state index contributed by atoms with van der Waals surface area (Å²) in [4.78, 5) is 14.2. The minimum absolute atomic E-state index is 0.245. The minimum atomic E-state index is -0.245. The topological polar surface area (TPSA) is 20.3 Å². The normalized spacial score (nSPS) is 17.9. The molecular weight excluding hydrogens is 162 g/mol. The Bertz CT molecular complexity index is 190. The van der Waals surface area contributed by atoms with Gasteiger partial charge in [0.15, 0.2) is 5.78 Å². The van der Waals surface area contributed by atoms with Gasteiger partial charge in [-0.15, -0.1) is 0 Å². The van der Waals surface area contributed by atoms with E-state index in [1.807, 2.05) is 0 Å². The zero-order valence-electron chi connectivity index (χ0n) is 9.26. The second kappa shape index (κ2) is 3.79. The van der Waals surface area contributed by atoms with Crippen LogP contribution < -0.4 is 0 Å². The molecule has 1 rings (SSSR count). The van der Waals surface area contributed by atoms with E-state index in [2.05, 4.69) is 32.6 Å². The highest BCUT2D eigenvalue weighted by molar-refractivity contribution is 5.91. The predicted octanol–water partition coefficient (Wildman–Crippen LogP) is 2.09. The second-order valence-corrected chi connectivity index (χ2v) is 4.37. The van der Waals surface area contributed by atoms with Gasteiger partial charge in [0.2, 0.25) is 0 Å². The maximum atomic E-state index is 11.9. The van der Waals surface area contributed by atoms with Crippen LogP contribution >= 0.6 is 0 Å². The van der Waals surface area contributed by atoms with Crippen molar-refractivity contribution in [2.45, 2.75) is 46.1 Å². The average molecular weight is 183 g/mol. The zero-order chi connectivity index (χ0) is 10.1. The maximum absolute atomic E-state index is 11.9. The Hall–Kier alpha value is -0.370. The van der Waals surface area contributed by atoms with E-state index in [-0.39, 0.29) is 5.54 Å². The first kappa shape index (κ1) is 10.7. The Balaban J connectivity index is 2.65. The van der Waals surface area contributed by atoms with Crippen molar-refractivity contribution in [2.75, 3.05) is 13.1 Å². The van der Waals surface area contributed by atoms with Gasteiger partial charge in [-0.05, 0) is 39.8 Å². The lowest BCUT2D eigenvalue weighted by Gasteiger charge is -2.35. The molecule has 0 spiro atoms. The SMILES string of the molecule is CCN(CC)C(C)(C)C(=O)C1CC1. The molecule has 1 saturated carbocycles. The van der Waals surface area contributed by atoms with Crippen molar-refractivity contribution < 1.29 is 4.79 Å². The summed E-state index contributed by atoms with van der Waals surface area (Å²) in [5, 5.41) is 0. The van der Waals surface area contributed by atoms with Crippen LogP contribution in [0, 0.1) is 5.92 Å². The molecule has 2 heteroatoms. The van der Waals surface area contributed by atoms with Crippen LogP contribution in [0.5, 0.6) is 0 Å². The van der Waals surface area contributed by atoms with E-state index in [1.165, 1.54) is 0 Å². The maximum Gasteiger partial charge on any atom is 0.155 e. The fourth-order valence-electron chi connectivity index (χ4n) is 2.02. The largest absolute Gasteiger partial charge is 0.297 e. The quantitative estimate of drug-likeness (QED) is 0.650. The van der Waals surface area contributed by atoms with E-state index in [4.69, 9.17) is 0 Å². The fourth-order valence-corrected chi connectivity index (χ4v) is 2.02. The number of nitrogens with zero attached hydrogens (tertiary/aromatic N) is 1. The molecule has 2 nitrogen and oxygen atoms in total. The molecule has 1 aliphatic rings. The Morgan fingerprint density at radius 2 is 1.77 bits per heavy atom. The Labute approximate surface area is 81.3 Å². The molecule has 13 heavy (non-hydrogen) atoms. The molecule has 0 aromatic carbocycles. The Kier molecular flexibility index (Phi) is 3.12. The highest BCUT2D eigenvalue weighted by atomic mass is 16.1.